The molecule has 13 heteroatoms. The van der Waals surface area contributed by atoms with Crippen molar-refractivity contribution in [3.05, 3.63) is 76.2 Å². The molecule has 3 aromatic rings. The summed E-state index contributed by atoms with van der Waals surface area (Å²) in [6.07, 6.45) is -4.05. The summed E-state index contributed by atoms with van der Waals surface area (Å²) in [4.78, 5) is 27.3. The van der Waals surface area contributed by atoms with E-state index in [0.29, 0.717) is 9.92 Å². The fourth-order valence-electron chi connectivity index (χ4n) is 3.23. The molecule has 0 aliphatic carbocycles. The Morgan fingerprint density at radius 1 is 1.09 bits per heavy atom. The van der Waals surface area contributed by atoms with Crippen LogP contribution in [0.1, 0.15) is 11.3 Å². The SMILES string of the molecule is Cn1nc(C(F)(F)F)c(/C=C2\C(=O)NC(=S)N(c3ccc(Cl)cc3)C2=O)c1Sc1ccc(F)cc1. The average Bonchev–Trinajstić information content (AvgIpc) is 3.09. The van der Waals surface area contributed by atoms with Gasteiger partial charge in [-0.3, -0.25) is 24.5 Å². The first kappa shape index (κ1) is 24.9. The topological polar surface area (TPSA) is 67.2 Å². The molecule has 0 atom stereocenters. The van der Waals surface area contributed by atoms with Crippen molar-refractivity contribution in [2.75, 3.05) is 4.90 Å². The Balaban J connectivity index is 1.83. The number of rotatable bonds is 4. The Kier molecular flexibility index (Phi) is 6.71. The van der Waals surface area contributed by atoms with Gasteiger partial charge in [0.15, 0.2) is 10.8 Å². The zero-order valence-corrected chi connectivity index (χ0v) is 19.9. The first-order valence-corrected chi connectivity index (χ1v) is 11.3. The highest BCUT2D eigenvalue weighted by Crippen LogP contribution is 2.40. The number of nitrogens with one attached hydrogen (secondary N) is 1. The van der Waals surface area contributed by atoms with Gasteiger partial charge in [-0.2, -0.15) is 18.3 Å². The van der Waals surface area contributed by atoms with Crippen LogP contribution < -0.4 is 10.2 Å². The molecule has 0 unspecified atom stereocenters. The fraction of sp³-hybridized carbons (Fsp3) is 0.0909. The van der Waals surface area contributed by atoms with E-state index in [0.717, 1.165) is 39.6 Å². The van der Waals surface area contributed by atoms with E-state index >= 15 is 0 Å². The standard InChI is InChI=1S/C22H13ClF4N4O2S2/c1-30-20(35-14-8-4-12(24)5-9-14)15(17(29-30)22(25,26)27)10-16-18(32)28-21(34)31(19(16)33)13-6-2-11(23)3-7-13/h2-10H,1H3,(H,28,32,34)/b16-10+. The number of carbonyl (C=O) groups excluding carboxylic acids is 2. The Bertz CT molecular complexity index is 1370. The van der Waals surface area contributed by atoms with Gasteiger partial charge < -0.3 is 0 Å². The molecule has 1 aliphatic heterocycles. The predicted octanol–water partition coefficient (Wildman–Crippen LogP) is 5.21. The Hall–Kier alpha value is -3.22. The molecule has 4 rings (SSSR count). The smallest absolute Gasteiger partial charge is 0.298 e. The number of aromatic nitrogens is 2. The van der Waals surface area contributed by atoms with Gasteiger partial charge >= 0.3 is 6.18 Å². The third-order valence-electron chi connectivity index (χ3n) is 4.80. The molecule has 0 bridgehead atoms. The third kappa shape index (κ3) is 5.09. The summed E-state index contributed by atoms with van der Waals surface area (Å²) in [5.41, 5.74) is -2.09. The minimum absolute atomic E-state index is 0.0109. The molecule has 1 N–H and O–H groups in total. The maximum atomic E-state index is 13.8. The van der Waals surface area contributed by atoms with E-state index in [-0.39, 0.29) is 15.8 Å². The molecule has 2 aromatic carbocycles. The third-order valence-corrected chi connectivity index (χ3v) is 6.52. The van der Waals surface area contributed by atoms with Crippen molar-refractivity contribution in [2.45, 2.75) is 16.1 Å². The van der Waals surface area contributed by atoms with Crippen molar-refractivity contribution >= 4 is 64.3 Å². The Labute approximate surface area is 210 Å². The van der Waals surface area contributed by atoms with E-state index in [4.69, 9.17) is 23.8 Å². The van der Waals surface area contributed by atoms with E-state index in [1.54, 1.807) is 0 Å². The monoisotopic (exact) mass is 540 g/mol. The number of anilines is 1. The van der Waals surface area contributed by atoms with Crippen LogP contribution >= 0.6 is 35.6 Å². The van der Waals surface area contributed by atoms with E-state index in [1.807, 2.05) is 0 Å². The maximum Gasteiger partial charge on any atom is 0.435 e. The van der Waals surface area contributed by atoms with Gasteiger partial charge in [-0.05, 0) is 66.8 Å². The number of alkyl halides is 3. The van der Waals surface area contributed by atoms with Gasteiger partial charge in [0.25, 0.3) is 11.8 Å². The van der Waals surface area contributed by atoms with Gasteiger partial charge in [0, 0.05) is 22.5 Å². The van der Waals surface area contributed by atoms with Crippen LogP contribution in [0.3, 0.4) is 0 Å². The second-order valence-corrected chi connectivity index (χ2v) is 9.06. The highest BCUT2D eigenvalue weighted by Gasteiger charge is 2.40. The molecule has 1 saturated heterocycles. The van der Waals surface area contributed by atoms with E-state index in [9.17, 15) is 27.2 Å². The van der Waals surface area contributed by atoms with Crippen molar-refractivity contribution in [1.29, 1.82) is 0 Å². The average molecular weight is 541 g/mol. The number of hydrogen-bond acceptors (Lipinski definition) is 5. The summed E-state index contributed by atoms with van der Waals surface area (Å²) in [7, 11) is 1.29. The predicted molar refractivity (Wildman–Crippen MR) is 126 cm³/mol. The molecule has 0 spiro atoms. The summed E-state index contributed by atoms with van der Waals surface area (Å²) >= 11 is 11.9. The number of nitrogens with zero attached hydrogens (tertiary/aromatic N) is 3. The molecule has 0 saturated carbocycles. The highest BCUT2D eigenvalue weighted by atomic mass is 35.5. The van der Waals surface area contributed by atoms with Crippen LogP contribution in [0.25, 0.3) is 6.08 Å². The number of benzene rings is 2. The number of carbonyl (C=O) groups is 2. The number of halogens is 5. The normalized spacial score (nSPS) is 15.7. The zero-order chi connectivity index (χ0) is 25.5. The molecule has 2 amide bonds. The molecule has 1 fully saturated rings. The summed E-state index contributed by atoms with van der Waals surface area (Å²) in [6, 6.07) is 11.0. The van der Waals surface area contributed by atoms with Gasteiger partial charge in [0.1, 0.15) is 16.4 Å². The van der Waals surface area contributed by atoms with Gasteiger partial charge in [-0.25, -0.2) is 4.39 Å². The molecular formula is C22H13ClF4N4O2S2. The van der Waals surface area contributed by atoms with Crippen molar-refractivity contribution < 1.29 is 27.2 Å². The minimum atomic E-state index is -4.88. The van der Waals surface area contributed by atoms with Crippen LogP contribution in [0.5, 0.6) is 0 Å². The second-order valence-electron chi connectivity index (χ2n) is 7.18. The highest BCUT2D eigenvalue weighted by molar-refractivity contribution is 7.99. The van der Waals surface area contributed by atoms with Crippen LogP contribution in [0.15, 0.2) is 64.0 Å². The number of thiocarbonyl (C=S) groups is 1. The summed E-state index contributed by atoms with van der Waals surface area (Å²) in [5.74, 6) is -2.39. The van der Waals surface area contributed by atoms with Crippen LogP contribution in [-0.2, 0) is 22.8 Å². The molecule has 35 heavy (non-hydrogen) atoms. The molecular weight excluding hydrogens is 528 g/mol. The van der Waals surface area contributed by atoms with E-state index in [2.05, 4.69) is 10.4 Å². The van der Waals surface area contributed by atoms with Gasteiger partial charge in [0.2, 0.25) is 0 Å². The lowest BCUT2D eigenvalue weighted by Crippen LogP contribution is -2.54. The fourth-order valence-corrected chi connectivity index (χ4v) is 4.57. The van der Waals surface area contributed by atoms with Crippen LogP contribution in [0.4, 0.5) is 23.2 Å². The minimum Gasteiger partial charge on any atom is -0.298 e. The molecule has 2 heterocycles. The van der Waals surface area contributed by atoms with E-state index in [1.165, 1.54) is 43.4 Å². The summed E-state index contributed by atoms with van der Waals surface area (Å²) in [6.45, 7) is 0. The van der Waals surface area contributed by atoms with Crippen LogP contribution in [0.2, 0.25) is 5.02 Å². The first-order valence-electron chi connectivity index (χ1n) is 9.70. The zero-order valence-electron chi connectivity index (χ0n) is 17.6. The first-order chi connectivity index (χ1) is 16.5. The van der Waals surface area contributed by atoms with Crippen molar-refractivity contribution in [3.63, 3.8) is 0 Å². The summed E-state index contributed by atoms with van der Waals surface area (Å²) < 4.78 is 55.8. The number of hydrogen-bond donors (Lipinski definition) is 1. The molecule has 6 nitrogen and oxygen atoms in total. The lowest BCUT2D eigenvalue weighted by molar-refractivity contribution is -0.141. The van der Waals surface area contributed by atoms with Gasteiger partial charge in [-0.15, -0.1) is 0 Å². The van der Waals surface area contributed by atoms with Crippen molar-refractivity contribution in [3.8, 4) is 0 Å². The largest absolute Gasteiger partial charge is 0.435 e. The van der Waals surface area contributed by atoms with Crippen LogP contribution in [-0.4, -0.2) is 26.7 Å². The molecule has 0 radical (unpaired) electrons. The molecule has 1 aliphatic rings. The molecule has 180 valence electrons. The summed E-state index contributed by atoms with van der Waals surface area (Å²) in [5, 5.41) is 6.03. The quantitative estimate of drug-likeness (QED) is 0.213. The number of aryl methyl sites for hydroxylation is 1. The second kappa shape index (κ2) is 9.44. The van der Waals surface area contributed by atoms with Gasteiger partial charge in [-0.1, -0.05) is 23.4 Å². The van der Waals surface area contributed by atoms with Crippen molar-refractivity contribution in [1.82, 2.24) is 15.1 Å². The number of amides is 2. The maximum absolute atomic E-state index is 13.8. The van der Waals surface area contributed by atoms with E-state index < -0.39 is 40.6 Å². The Morgan fingerprint density at radius 3 is 2.31 bits per heavy atom. The van der Waals surface area contributed by atoms with Gasteiger partial charge in [0.05, 0.1) is 5.69 Å². The Morgan fingerprint density at radius 2 is 1.71 bits per heavy atom. The lowest BCUT2D eigenvalue weighted by atomic mass is 10.1. The molecule has 1 aromatic heterocycles. The lowest BCUT2D eigenvalue weighted by Gasteiger charge is -2.29. The van der Waals surface area contributed by atoms with Crippen LogP contribution in [0, 0.1) is 5.82 Å². The van der Waals surface area contributed by atoms with Crippen molar-refractivity contribution in [2.24, 2.45) is 7.05 Å².